The highest BCUT2D eigenvalue weighted by Crippen LogP contribution is 2.35. The van der Waals surface area contributed by atoms with Gasteiger partial charge in [0.25, 0.3) is 0 Å². The Morgan fingerprint density at radius 2 is 1.91 bits per heavy atom. The number of hydrogen-bond donors (Lipinski definition) is 0. The maximum Gasteiger partial charge on any atom is 0.337 e. The molecule has 0 saturated heterocycles. The van der Waals surface area contributed by atoms with Gasteiger partial charge in [-0.15, -0.1) is 0 Å². The van der Waals surface area contributed by atoms with E-state index in [4.69, 9.17) is 4.74 Å². The Morgan fingerprint density at radius 1 is 1.09 bits per heavy atom. The van der Waals surface area contributed by atoms with Crippen LogP contribution in [0.1, 0.15) is 33.5 Å². The molecule has 22 heavy (non-hydrogen) atoms. The van der Waals surface area contributed by atoms with Gasteiger partial charge >= 0.3 is 5.97 Å². The molecule has 0 unspecified atom stereocenters. The van der Waals surface area contributed by atoms with Gasteiger partial charge in [-0.3, -0.25) is 4.79 Å². The number of aldehydes is 1. The van der Waals surface area contributed by atoms with Gasteiger partial charge in [0.05, 0.1) is 12.7 Å². The van der Waals surface area contributed by atoms with Crippen LogP contribution in [0.15, 0.2) is 54.1 Å². The third-order valence-electron chi connectivity index (χ3n) is 3.99. The maximum absolute atomic E-state index is 11.7. The lowest BCUT2D eigenvalue weighted by atomic mass is 9.82. The highest BCUT2D eigenvalue weighted by molar-refractivity contribution is 5.98. The number of carbonyl (C=O) groups excluding carboxylic acids is 2. The first-order chi connectivity index (χ1) is 10.7. The largest absolute Gasteiger partial charge is 0.465 e. The number of hydrogen-bond acceptors (Lipinski definition) is 3. The van der Waals surface area contributed by atoms with E-state index in [0.717, 1.165) is 41.4 Å². The maximum atomic E-state index is 11.7. The SMILES string of the molecule is COC(=O)c1cccc(C2=C(C=O)CCc3ccccc32)c1. The zero-order valence-electron chi connectivity index (χ0n) is 12.3. The van der Waals surface area contributed by atoms with Crippen molar-refractivity contribution in [2.24, 2.45) is 0 Å². The Hall–Kier alpha value is -2.68. The van der Waals surface area contributed by atoms with Crippen LogP contribution in [-0.2, 0) is 16.0 Å². The van der Waals surface area contributed by atoms with E-state index >= 15 is 0 Å². The number of carbonyl (C=O) groups is 2. The van der Waals surface area contributed by atoms with Gasteiger partial charge < -0.3 is 4.74 Å². The molecule has 0 saturated carbocycles. The second-order valence-corrected chi connectivity index (χ2v) is 5.25. The van der Waals surface area contributed by atoms with Crippen molar-refractivity contribution in [1.29, 1.82) is 0 Å². The minimum Gasteiger partial charge on any atom is -0.465 e. The van der Waals surface area contributed by atoms with E-state index < -0.39 is 0 Å². The Balaban J connectivity index is 2.18. The topological polar surface area (TPSA) is 43.4 Å². The number of ether oxygens (including phenoxy) is 1. The van der Waals surface area contributed by atoms with Crippen LogP contribution < -0.4 is 0 Å². The van der Waals surface area contributed by atoms with Crippen molar-refractivity contribution in [3.8, 4) is 0 Å². The van der Waals surface area contributed by atoms with Crippen LogP contribution in [0.5, 0.6) is 0 Å². The normalized spacial score (nSPS) is 13.5. The molecule has 0 bridgehead atoms. The van der Waals surface area contributed by atoms with E-state index in [0.29, 0.717) is 5.56 Å². The fraction of sp³-hybridized carbons (Fsp3) is 0.158. The predicted octanol–water partition coefficient (Wildman–Crippen LogP) is 3.42. The summed E-state index contributed by atoms with van der Waals surface area (Å²) >= 11 is 0. The van der Waals surface area contributed by atoms with E-state index in [-0.39, 0.29) is 5.97 Å². The van der Waals surface area contributed by atoms with Crippen LogP contribution in [0.2, 0.25) is 0 Å². The molecule has 2 aromatic carbocycles. The lowest BCUT2D eigenvalue weighted by molar-refractivity contribution is -0.105. The van der Waals surface area contributed by atoms with Crippen LogP contribution in [0, 0.1) is 0 Å². The molecular formula is C19H16O3. The summed E-state index contributed by atoms with van der Waals surface area (Å²) in [5.41, 5.74) is 5.35. The number of fused-ring (bicyclic) bond motifs is 1. The molecule has 2 aromatic rings. The van der Waals surface area contributed by atoms with Gasteiger partial charge in [0.2, 0.25) is 0 Å². The minimum absolute atomic E-state index is 0.376. The van der Waals surface area contributed by atoms with Crippen molar-refractivity contribution in [1.82, 2.24) is 0 Å². The molecule has 3 heteroatoms. The summed E-state index contributed by atoms with van der Waals surface area (Å²) in [4.78, 5) is 23.2. The zero-order valence-corrected chi connectivity index (χ0v) is 12.3. The van der Waals surface area contributed by atoms with Crippen molar-refractivity contribution in [2.45, 2.75) is 12.8 Å². The summed E-state index contributed by atoms with van der Waals surface area (Å²) in [6, 6.07) is 15.3. The summed E-state index contributed by atoms with van der Waals surface area (Å²) in [6.07, 6.45) is 2.51. The van der Waals surface area contributed by atoms with Gasteiger partial charge in [0.1, 0.15) is 6.29 Å². The molecule has 0 amide bonds. The Labute approximate surface area is 129 Å². The third kappa shape index (κ3) is 2.46. The second kappa shape index (κ2) is 5.98. The van der Waals surface area contributed by atoms with Gasteiger partial charge in [0, 0.05) is 5.57 Å². The first kappa shape index (κ1) is 14.3. The van der Waals surface area contributed by atoms with E-state index in [1.54, 1.807) is 12.1 Å². The van der Waals surface area contributed by atoms with E-state index in [1.807, 2.05) is 30.3 Å². The molecule has 0 radical (unpaired) electrons. The predicted molar refractivity (Wildman–Crippen MR) is 84.6 cm³/mol. The number of esters is 1. The number of rotatable bonds is 3. The first-order valence-electron chi connectivity index (χ1n) is 7.20. The molecule has 3 rings (SSSR count). The smallest absolute Gasteiger partial charge is 0.337 e. The Morgan fingerprint density at radius 3 is 2.68 bits per heavy atom. The number of benzene rings is 2. The first-order valence-corrected chi connectivity index (χ1v) is 7.20. The molecule has 1 aliphatic carbocycles. The molecule has 0 atom stereocenters. The van der Waals surface area contributed by atoms with E-state index in [1.165, 1.54) is 12.7 Å². The third-order valence-corrected chi connectivity index (χ3v) is 3.99. The van der Waals surface area contributed by atoms with Crippen LogP contribution in [0.4, 0.5) is 0 Å². The lowest BCUT2D eigenvalue weighted by Gasteiger charge is -2.21. The van der Waals surface area contributed by atoms with Gasteiger partial charge in [-0.25, -0.2) is 4.79 Å². The summed E-state index contributed by atoms with van der Waals surface area (Å²) in [6.45, 7) is 0. The molecular weight excluding hydrogens is 276 g/mol. The average Bonchev–Trinajstić information content (AvgIpc) is 2.60. The molecule has 0 N–H and O–H groups in total. The van der Waals surface area contributed by atoms with Crippen LogP contribution in [0.25, 0.3) is 5.57 Å². The molecule has 3 nitrogen and oxygen atoms in total. The van der Waals surface area contributed by atoms with Crippen molar-refractivity contribution in [2.75, 3.05) is 7.11 Å². The second-order valence-electron chi connectivity index (χ2n) is 5.25. The summed E-state index contributed by atoms with van der Waals surface area (Å²) < 4.78 is 4.78. The Bertz CT molecular complexity index is 772. The molecule has 0 aromatic heterocycles. The van der Waals surface area contributed by atoms with Crippen LogP contribution in [0.3, 0.4) is 0 Å². The summed E-state index contributed by atoms with van der Waals surface area (Å²) in [5.74, 6) is -0.376. The van der Waals surface area contributed by atoms with E-state index in [9.17, 15) is 9.59 Å². The van der Waals surface area contributed by atoms with E-state index in [2.05, 4.69) is 6.07 Å². The van der Waals surface area contributed by atoms with Gasteiger partial charge in [0.15, 0.2) is 0 Å². The average molecular weight is 292 g/mol. The molecule has 0 fully saturated rings. The van der Waals surface area contributed by atoms with Crippen LogP contribution in [-0.4, -0.2) is 19.4 Å². The number of methoxy groups -OCH3 is 1. The summed E-state index contributed by atoms with van der Waals surface area (Å²) in [7, 11) is 1.36. The van der Waals surface area contributed by atoms with Gasteiger partial charge in [-0.05, 0) is 47.2 Å². The monoisotopic (exact) mass is 292 g/mol. The van der Waals surface area contributed by atoms with Crippen molar-refractivity contribution >= 4 is 17.8 Å². The molecule has 0 spiro atoms. The zero-order chi connectivity index (χ0) is 15.5. The van der Waals surface area contributed by atoms with Crippen molar-refractivity contribution in [3.05, 3.63) is 76.4 Å². The quantitative estimate of drug-likeness (QED) is 0.643. The molecule has 0 aliphatic heterocycles. The fourth-order valence-corrected chi connectivity index (χ4v) is 2.93. The summed E-state index contributed by atoms with van der Waals surface area (Å²) in [5, 5.41) is 0. The Kier molecular flexibility index (Phi) is 3.88. The highest BCUT2D eigenvalue weighted by Gasteiger charge is 2.20. The number of aryl methyl sites for hydroxylation is 1. The number of allylic oxidation sites excluding steroid dienone is 1. The van der Waals surface area contributed by atoms with Gasteiger partial charge in [-0.2, -0.15) is 0 Å². The van der Waals surface area contributed by atoms with Gasteiger partial charge in [-0.1, -0.05) is 36.4 Å². The molecule has 1 aliphatic rings. The van der Waals surface area contributed by atoms with Crippen molar-refractivity contribution < 1.29 is 14.3 Å². The molecule has 0 heterocycles. The van der Waals surface area contributed by atoms with Crippen molar-refractivity contribution in [3.63, 3.8) is 0 Å². The van der Waals surface area contributed by atoms with Crippen LogP contribution >= 0.6 is 0 Å². The minimum atomic E-state index is -0.376. The lowest BCUT2D eigenvalue weighted by Crippen LogP contribution is -2.08. The fourth-order valence-electron chi connectivity index (χ4n) is 2.93. The standard InChI is InChI=1S/C19H16O3/c1-22-19(21)15-7-4-6-14(11-15)18-16(12-20)10-9-13-5-2-3-8-17(13)18/h2-8,11-12H,9-10H2,1H3. The highest BCUT2D eigenvalue weighted by atomic mass is 16.5. The molecule has 110 valence electrons.